The van der Waals surface area contributed by atoms with Crippen molar-refractivity contribution in [2.24, 2.45) is 0 Å². The van der Waals surface area contributed by atoms with E-state index in [2.05, 4.69) is 15.5 Å². The van der Waals surface area contributed by atoms with Crippen LogP contribution in [0, 0.1) is 25.4 Å². The molecule has 0 saturated heterocycles. The van der Waals surface area contributed by atoms with Gasteiger partial charge in [-0.05, 0) is 10.4 Å². The molecule has 1 aromatic heterocycles. The Labute approximate surface area is 103 Å². The third-order valence-corrected chi connectivity index (χ3v) is 0.365. The average Bonchev–Trinajstić information content (AvgIpc) is 2.36. The van der Waals surface area contributed by atoms with Crippen LogP contribution in [0.4, 0.5) is 0 Å². The van der Waals surface area contributed by atoms with Crippen molar-refractivity contribution in [3.05, 3.63) is 31.8 Å². The molecule has 0 aliphatic heterocycles. The van der Waals surface area contributed by atoms with Gasteiger partial charge >= 0.3 is 29.6 Å². The van der Waals surface area contributed by atoms with E-state index in [1.54, 1.807) is 0 Å². The van der Waals surface area contributed by atoms with Gasteiger partial charge in [0, 0.05) is 0 Å². The Morgan fingerprint density at radius 1 is 1.33 bits per heavy atom. The molecular formula is CH4N7NaO6. The van der Waals surface area contributed by atoms with Gasteiger partial charge in [0.25, 0.3) is 5.09 Å². The van der Waals surface area contributed by atoms with E-state index in [1.165, 1.54) is 6.33 Å². The van der Waals surface area contributed by atoms with E-state index < -0.39 is 10.2 Å². The first-order valence-corrected chi connectivity index (χ1v) is 2.49. The van der Waals surface area contributed by atoms with Crippen LogP contribution in [0.25, 0.3) is 0 Å². The van der Waals surface area contributed by atoms with Gasteiger partial charge in [0.1, 0.15) is 0 Å². The quantitative estimate of drug-likeness (QED) is 0.189. The number of rotatable bonds is 0. The van der Waals surface area contributed by atoms with Crippen LogP contribution in [-0.4, -0.2) is 35.7 Å². The molecule has 1 aromatic rings. The molecule has 15 heavy (non-hydrogen) atoms. The van der Waals surface area contributed by atoms with Gasteiger partial charge in [0.05, 0.1) is 5.09 Å². The summed E-state index contributed by atoms with van der Waals surface area (Å²) in [6, 6.07) is 0. The van der Waals surface area contributed by atoms with Crippen molar-refractivity contribution in [2.75, 3.05) is 5.84 Å². The SMILES string of the molecule is Nn1cnnn1.O=[N+]([O-])O.O=[N+]([O-])[O-].[Na+]. The van der Waals surface area contributed by atoms with Crippen LogP contribution in [-0.2, 0) is 0 Å². The summed E-state index contributed by atoms with van der Waals surface area (Å²) in [5.41, 5.74) is 0. The molecule has 0 unspecified atom stereocenters. The van der Waals surface area contributed by atoms with E-state index >= 15 is 0 Å². The largest absolute Gasteiger partial charge is 1.00 e. The summed E-state index contributed by atoms with van der Waals surface area (Å²) in [6.45, 7) is 0. The topological polar surface area (TPSA) is 199 Å². The number of tetrazole rings is 1. The third-order valence-electron chi connectivity index (χ3n) is 0.365. The molecule has 0 aliphatic carbocycles. The zero-order valence-corrected chi connectivity index (χ0v) is 9.33. The second-order valence-electron chi connectivity index (χ2n) is 1.25. The first-order valence-electron chi connectivity index (χ1n) is 2.49. The van der Waals surface area contributed by atoms with Crippen molar-refractivity contribution in [3.8, 4) is 0 Å². The summed E-state index contributed by atoms with van der Waals surface area (Å²) in [4.78, 5) is 17.6. The van der Waals surface area contributed by atoms with Crippen molar-refractivity contribution >= 4 is 0 Å². The summed E-state index contributed by atoms with van der Waals surface area (Å²) < 4.78 is 0. The fraction of sp³-hybridized carbons (Fsp3) is 0. The summed E-state index contributed by atoms with van der Waals surface area (Å²) in [5, 5.41) is 38.1. The number of hydrogen-bond donors (Lipinski definition) is 2. The van der Waals surface area contributed by atoms with Crippen LogP contribution in [0.15, 0.2) is 6.33 Å². The Morgan fingerprint density at radius 2 is 1.67 bits per heavy atom. The standard InChI is InChI=1S/CH3N5.HNO3.NO3.Na/c2-6-1-3-4-5-6;2*2-1(3)4;/h1H,2H2;(H,2,3,4);;/q;;-1;+1. The van der Waals surface area contributed by atoms with Gasteiger partial charge in [-0.25, -0.2) is 0 Å². The maximum absolute atomic E-state index is 8.36. The van der Waals surface area contributed by atoms with Crippen LogP contribution in [0.2, 0.25) is 0 Å². The Kier molecular flexibility index (Phi) is 15.5. The third kappa shape index (κ3) is 46.6. The monoisotopic (exact) mass is 233 g/mol. The predicted octanol–water partition coefficient (Wildman–Crippen LogP) is -5.20. The summed E-state index contributed by atoms with van der Waals surface area (Å²) in [7, 11) is 0. The molecule has 0 aliphatic rings. The minimum Gasteiger partial charge on any atom is -0.356 e. The van der Waals surface area contributed by atoms with Gasteiger partial charge in [0.15, 0.2) is 6.33 Å². The summed E-state index contributed by atoms with van der Waals surface area (Å²) >= 11 is 0. The van der Waals surface area contributed by atoms with E-state index in [0.29, 0.717) is 0 Å². The molecule has 0 aromatic carbocycles. The molecule has 0 saturated carbocycles. The Morgan fingerprint density at radius 3 is 1.73 bits per heavy atom. The molecule has 80 valence electrons. The van der Waals surface area contributed by atoms with Gasteiger partial charge in [-0.2, -0.15) is 0 Å². The van der Waals surface area contributed by atoms with E-state index in [9.17, 15) is 0 Å². The van der Waals surface area contributed by atoms with Gasteiger partial charge in [-0.3, -0.25) is 0 Å². The first kappa shape index (κ1) is 18.9. The Hall–Kier alpha value is -1.73. The van der Waals surface area contributed by atoms with Crippen LogP contribution < -0.4 is 35.4 Å². The molecule has 13 nitrogen and oxygen atoms in total. The second-order valence-corrected chi connectivity index (χ2v) is 1.25. The fourth-order valence-electron chi connectivity index (χ4n) is 0.168. The van der Waals surface area contributed by atoms with Crippen molar-refractivity contribution < 1.29 is 44.9 Å². The van der Waals surface area contributed by atoms with Crippen LogP contribution in [0.3, 0.4) is 0 Å². The smallest absolute Gasteiger partial charge is 0.356 e. The number of hydrogen-bond acceptors (Lipinski definition) is 9. The van der Waals surface area contributed by atoms with Gasteiger partial charge in [-0.1, -0.05) is 0 Å². The molecule has 0 fully saturated rings. The van der Waals surface area contributed by atoms with E-state index in [4.69, 9.17) is 36.5 Å². The molecule has 0 atom stereocenters. The molecule has 0 bridgehead atoms. The zero-order chi connectivity index (χ0) is 11.6. The van der Waals surface area contributed by atoms with Crippen molar-refractivity contribution in [1.29, 1.82) is 0 Å². The number of nitrogens with two attached hydrogens (primary N) is 1. The van der Waals surface area contributed by atoms with Crippen LogP contribution >= 0.6 is 0 Å². The summed E-state index contributed by atoms with van der Waals surface area (Å²) in [5.74, 6) is 4.96. The van der Waals surface area contributed by atoms with E-state index in [1.807, 2.05) is 0 Å². The molecule has 0 radical (unpaired) electrons. The number of nitrogen functional groups attached to an aromatic ring is 1. The predicted molar refractivity (Wildman–Crippen MR) is 37.1 cm³/mol. The molecule has 0 amide bonds. The first-order chi connectivity index (χ1) is 6.36. The maximum atomic E-state index is 8.36. The molecule has 1 rings (SSSR count). The van der Waals surface area contributed by atoms with Crippen LogP contribution in [0.1, 0.15) is 0 Å². The molecule has 14 heteroatoms. The van der Waals surface area contributed by atoms with E-state index in [0.717, 1.165) is 4.79 Å². The van der Waals surface area contributed by atoms with Crippen LogP contribution in [0.5, 0.6) is 0 Å². The second kappa shape index (κ2) is 12.3. The van der Waals surface area contributed by atoms with Gasteiger partial charge < -0.3 is 26.4 Å². The molecular weight excluding hydrogens is 229 g/mol. The molecule has 0 spiro atoms. The summed E-state index contributed by atoms with van der Waals surface area (Å²) in [6.07, 6.45) is 1.31. The van der Waals surface area contributed by atoms with Crippen molar-refractivity contribution in [3.63, 3.8) is 0 Å². The number of aromatic nitrogens is 4. The maximum Gasteiger partial charge on any atom is 1.00 e. The number of nitrogens with zero attached hydrogens (tertiary/aromatic N) is 6. The Balaban J connectivity index is -0.000000145. The van der Waals surface area contributed by atoms with E-state index in [-0.39, 0.29) is 29.6 Å². The van der Waals surface area contributed by atoms with Gasteiger partial charge in [-0.15, -0.1) is 20.0 Å². The normalized spacial score (nSPS) is 6.67. The van der Waals surface area contributed by atoms with Gasteiger partial charge in [0.2, 0.25) is 0 Å². The minimum absolute atomic E-state index is 0. The average molecular weight is 233 g/mol. The molecule has 3 N–H and O–H groups in total. The van der Waals surface area contributed by atoms with Crippen molar-refractivity contribution in [2.45, 2.75) is 0 Å². The Bertz CT molecular complexity index is 240. The fourth-order valence-corrected chi connectivity index (χ4v) is 0.168. The minimum atomic E-state index is -1.75. The van der Waals surface area contributed by atoms with Crippen molar-refractivity contribution in [1.82, 2.24) is 20.3 Å². The zero-order valence-electron chi connectivity index (χ0n) is 7.33. The molecule has 1 heterocycles.